The van der Waals surface area contributed by atoms with E-state index in [1.807, 2.05) is 0 Å². The van der Waals surface area contributed by atoms with Crippen LogP contribution in [0.4, 0.5) is 17.6 Å². The minimum atomic E-state index is -5.94. The first-order valence-electron chi connectivity index (χ1n) is 5.25. The minimum absolute atomic E-state index is 0.0815. The zero-order chi connectivity index (χ0) is 16.0. The highest BCUT2D eigenvalue weighted by Crippen LogP contribution is 2.29. The summed E-state index contributed by atoms with van der Waals surface area (Å²) in [6.07, 6.45) is 0.964. The van der Waals surface area contributed by atoms with E-state index in [4.69, 9.17) is 4.42 Å². The lowest BCUT2D eigenvalue weighted by Crippen LogP contribution is -2.28. The molecule has 2 aromatic rings. The first-order valence-corrected chi connectivity index (χ1v) is 6.66. The van der Waals surface area contributed by atoms with Crippen LogP contribution in [0, 0.1) is 12.7 Å². The number of hydrogen-bond donors (Lipinski definition) is 0. The van der Waals surface area contributed by atoms with Crippen LogP contribution in [0.15, 0.2) is 27.6 Å². The van der Waals surface area contributed by atoms with E-state index in [1.54, 1.807) is 0 Å². The van der Waals surface area contributed by atoms with E-state index in [0.717, 1.165) is 6.26 Å². The van der Waals surface area contributed by atoms with Crippen LogP contribution in [0.2, 0.25) is 0 Å². The van der Waals surface area contributed by atoms with Gasteiger partial charge in [0.25, 0.3) is 0 Å². The highest BCUT2D eigenvalue weighted by Gasteiger charge is 2.48. The van der Waals surface area contributed by atoms with Gasteiger partial charge in [0.05, 0.1) is 6.26 Å². The summed E-state index contributed by atoms with van der Waals surface area (Å²) in [4.78, 5) is 11.7. The minimum Gasteiger partial charge on any atom is -0.464 e. The summed E-state index contributed by atoms with van der Waals surface area (Å²) in [5.74, 6) is -2.21. The third-order valence-electron chi connectivity index (χ3n) is 2.46. The summed E-state index contributed by atoms with van der Waals surface area (Å²) in [6.45, 7) is 1.35. The predicted molar refractivity (Wildman–Crippen MR) is 62.8 cm³/mol. The molecule has 0 aliphatic rings. The average molecular weight is 326 g/mol. The molecule has 1 heterocycles. The molecule has 114 valence electrons. The molecule has 0 aliphatic carbocycles. The van der Waals surface area contributed by atoms with Crippen LogP contribution < -0.4 is 9.61 Å². The Morgan fingerprint density at radius 2 is 1.86 bits per heavy atom. The Labute approximate surface area is 114 Å². The van der Waals surface area contributed by atoms with Gasteiger partial charge in [-0.15, -0.1) is 0 Å². The maximum absolute atomic E-state index is 13.7. The molecule has 1 aromatic heterocycles. The summed E-state index contributed by atoms with van der Waals surface area (Å²) in [7, 11) is -5.94. The maximum Gasteiger partial charge on any atom is 0.534 e. The fourth-order valence-electron chi connectivity index (χ4n) is 1.50. The lowest BCUT2D eigenvalue weighted by atomic mass is 10.1. The van der Waals surface area contributed by atoms with Crippen molar-refractivity contribution in [2.75, 3.05) is 0 Å². The molecule has 0 saturated heterocycles. The van der Waals surface area contributed by atoms with Gasteiger partial charge in [-0.1, -0.05) is 0 Å². The van der Waals surface area contributed by atoms with Gasteiger partial charge in [0.1, 0.15) is 22.5 Å². The molecule has 2 rings (SSSR count). The van der Waals surface area contributed by atoms with Crippen LogP contribution in [0.25, 0.3) is 11.0 Å². The van der Waals surface area contributed by atoms with Gasteiger partial charge in [0, 0.05) is 17.7 Å². The monoisotopic (exact) mass is 326 g/mol. The molecule has 0 aliphatic heterocycles. The largest absolute Gasteiger partial charge is 0.534 e. The Kier molecular flexibility index (Phi) is 3.44. The third-order valence-corrected chi connectivity index (χ3v) is 3.44. The predicted octanol–water partition coefficient (Wildman–Crippen LogP) is 2.47. The molecule has 0 bridgehead atoms. The number of rotatable bonds is 2. The van der Waals surface area contributed by atoms with Gasteiger partial charge >= 0.3 is 15.6 Å². The van der Waals surface area contributed by atoms with Crippen molar-refractivity contribution in [2.45, 2.75) is 12.4 Å². The number of hydrogen-bond acceptors (Lipinski definition) is 5. The van der Waals surface area contributed by atoms with Gasteiger partial charge in [-0.3, -0.25) is 4.79 Å². The Morgan fingerprint density at radius 1 is 1.24 bits per heavy atom. The molecule has 21 heavy (non-hydrogen) atoms. The number of halogens is 4. The number of alkyl halides is 3. The Balaban J connectivity index is 2.60. The smallest absolute Gasteiger partial charge is 0.464 e. The lowest BCUT2D eigenvalue weighted by Gasteiger charge is -2.10. The molecule has 0 fully saturated rings. The molecule has 5 nitrogen and oxygen atoms in total. The molecule has 0 saturated carbocycles. The van der Waals surface area contributed by atoms with Crippen molar-refractivity contribution in [3.63, 3.8) is 0 Å². The molecule has 0 amide bonds. The molecule has 0 radical (unpaired) electrons. The van der Waals surface area contributed by atoms with Crippen LogP contribution in [0.5, 0.6) is 5.75 Å². The molecule has 1 aromatic carbocycles. The van der Waals surface area contributed by atoms with Crippen molar-refractivity contribution in [3.05, 3.63) is 40.0 Å². The number of aryl methyl sites for hydroxylation is 1. The normalized spacial score (nSPS) is 12.6. The second-order valence-corrected chi connectivity index (χ2v) is 5.55. The van der Waals surface area contributed by atoms with E-state index >= 15 is 0 Å². The summed E-state index contributed by atoms with van der Waals surface area (Å²) >= 11 is 0. The summed E-state index contributed by atoms with van der Waals surface area (Å²) in [5.41, 5.74) is -6.73. The van der Waals surface area contributed by atoms with E-state index in [2.05, 4.69) is 4.18 Å². The third kappa shape index (κ3) is 2.71. The standard InChI is InChI=1S/C11H6F4O5S/c1-5-4-19-8-3-6(2-7(12)9(8)10(5)16)20-21(17,18)11(13,14)15/h2-4H,1H3. The van der Waals surface area contributed by atoms with E-state index in [0.29, 0.717) is 12.1 Å². The van der Waals surface area contributed by atoms with Crippen molar-refractivity contribution in [1.82, 2.24) is 0 Å². The van der Waals surface area contributed by atoms with Gasteiger partial charge < -0.3 is 8.60 Å². The van der Waals surface area contributed by atoms with Crippen LogP contribution in [-0.2, 0) is 10.1 Å². The Bertz CT molecular complexity index is 867. The molecule has 10 heteroatoms. The summed E-state index contributed by atoms with van der Waals surface area (Å²) in [5, 5.41) is -0.508. The van der Waals surface area contributed by atoms with E-state index in [-0.39, 0.29) is 5.56 Å². The summed E-state index contributed by atoms with van der Waals surface area (Å²) in [6, 6.07) is 1.05. The molecular weight excluding hydrogens is 320 g/mol. The molecule has 0 N–H and O–H groups in total. The molecular formula is C11H6F4O5S. The number of fused-ring (bicyclic) bond motifs is 1. The van der Waals surface area contributed by atoms with Crippen LogP contribution in [0.1, 0.15) is 5.56 Å². The van der Waals surface area contributed by atoms with Gasteiger partial charge in [-0.05, 0) is 6.92 Å². The lowest BCUT2D eigenvalue weighted by molar-refractivity contribution is -0.0500. The van der Waals surface area contributed by atoms with Crippen LogP contribution in [-0.4, -0.2) is 13.9 Å². The fourth-order valence-corrected chi connectivity index (χ4v) is 1.94. The highest BCUT2D eigenvalue weighted by molar-refractivity contribution is 7.88. The summed E-state index contributed by atoms with van der Waals surface area (Å²) < 4.78 is 80.5. The van der Waals surface area contributed by atoms with Crippen molar-refractivity contribution in [1.29, 1.82) is 0 Å². The zero-order valence-corrected chi connectivity index (χ0v) is 11.0. The number of benzene rings is 1. The van der Waals surface area contributed by atoms with Crippen molar-refractivity contribution in [3.8, 4) is 5.75 Å². The first kappa shape index (κ1) is 15.3. The van der Waals surface area contributed by atoms with E-state index in [1.165, 1.54) is 6.92 Å². The van der Waals surface area contributed by atoms with Gasteiger partial charge in [0.2, 0.25) is 0 Å². The van der Waals surface area contributed by atoms with Gasteiger partial charge in [-0.2, -0.15) is 21.6 Å². The van der Waals surface area contributed by atoms with Crippen LogP contribution in [0.3, 0.4) is 0 Å². The van der Waals surface area contributed by atoms with E-state index in [9.17, 15) is 30.8 Å². The maximum atomic E-state index is 13.7. The Hall–Kier alpha value is -2.10. The van der Waals surface area contributed by atoms with E-state index < -0.39 is 43.6 Å². The van der Waals surface area contributed by atoms with Crippen molar-refractivity contribution >= 4 is 21.1 Å². The second kappa shape index (κ2) is 4.72. The second-order valence-electron chi connectivity index (χ2n) is 4.01. The first-order chi connectivity index (χ1) is 9.53. The molecule has 0 spiro atoms. The average Bonchev–Trinajstić information content (AvgIpc) is 2.31. The highest BCUT2D eigenvalue weighted by atomic mass is 32.2. The van der Waals surface area contributed by atoms with Crippen molar-refractivity contribution < 1.29 is 34.6 Å². The topological polar surface area (TPSA) is 73.6 Å². The SMILES string of the molecule is Cc1coc2cc(OS(=O)(=O)C(F)(F)F)cc(F)c2c1=O. The fraction of sp³-hybridized carbons (Fsp3) is 0.182. The Morgan fingerprint density at radius 3 is 2.43 bits per heavy atom. The van der Waals surface area contributed by atoms with Crippen LogP contribution >= 0.6 is 0 Å². The molecule has 0 unspecified atom stereocenters. The van der Waals surface area contributed by atoms with Gasteiger partial charge in [-0.25, -0.2) is 4.39 Å². The zero-order valence-electron chi connectivity index (χ0n) is 10.2. The molecule has 0 atom stereocenters. The van der Waals surface area contributed by atoms with Gasteiger partial charge in [0.15, 0.2) is 5.43 Å². The van der Waals surface area contributed by atoms with Crippen molar-refractivity contribution in [2.24, 2.45) is 0 Å². The quantitative estimate of drug-likeness (QED) is 0.481.